The lowest BCUT2D eigenvalue weighted by molar-refractivity contribution is -0.140. The van der Waals surface area contributed by atoms with Gasteiger partial charge in [0.2, 0.25) is 17.7 Å². The molecule has 7 nitrogen and oxygen atoms in total. The van der Waals surface area contributed by atoms with Gasteiger partial charge in [-0.3, -0.25) is 14.4 Å². The topological polar surface area (TPSA) is 98.7 Å². The molecule has 4 rings (SSSR count). The van der Waals surface area contributed by atoms with Gasteiger partial charge in [0.15, 0.2) is 0 Å². The molecule has 3 aliphatic heterocycles. The Bertz CT molecular complexity index is 913. The Morgan fingerprint density at radius 2 is 1.83 bits per heavy atom. The molecule has 3 aliphatic rings. The lowest BCUT2D eigenvalue weighted by Crippen LogP contribution is -2.54. The number of nitrogens with zero attached hydrogens (tertiary/aromatic N) is 1. The van der Waals surface area contributed by atoms with Gasteiger partial charge in [-0.1, -0.05) is 62.9 Å². The SMILES string of the molecule is CCCCCNC(=O)C1N(CCCCCCO)C(=O)[C@@H]2[C@@H](C(=O)NCc3ccccc3)[C@H]3CCC12S3. The van der Waals surface area contributed by atoms with Gasteiger partial charge >= 0.3 is 0 Å². The standard InChI is InChI=1S/C28H41N3O4S/c1-2-3-9-16-29-26(34)24-28-15-14-21(36-28)22(25(33)30-19-20-12-7-6-8-13-20)23(28)27(35)31(24)17-10-4-5-11-18-32/h6-8,12-13,21-24,32H,2-5,9-11,14-19H2,1H3,(H,29,34)(H,30,33)/t21-,22+,23+,24?,28?/m1/s1. The number of rotatable bonds is 14. The molecule has 8 heteroatoms. The highest BCUT2D eigenvalue weighted by atomic mass is 32.2. The van der Waals surface area contributed by atoms with E-state index in [1.165, 1.54) is 0 Å². The monoisotopic (exact) mass is 515 g/mol. The van der Waals surface area contributed by atoms with Crippen molar-refractivity contribution >= 4 is 29.5 Å². The van der Waals surface area contributed by atoms with E-state index in [2.05, 4.69) is 17.6 Å². The summed E-state index contributed by atoms with van der Waals surface area (Å²) < 4.78 is -0.517. The zero-order chi connectivity index (χ0) is 25.5. The van der Waals surface area contributed by atoms with Gasteiger partial charge in [0, 0.05) is 31.5 Å². The molecule has 3 saturated heterocycles. The third-order valence-corrected chi connectivity index (χ3v) is 10.00. The van der Waals surface area contributed by atoms with Crippen LogP contribution in [0.1, 0.15) is 70.3 Å². The lowest BCUT2D eigenvalue weighted by Gasteiger charge is -2.34. The van der Waals surface area contributed by atoms with Crippen LogP contribution in [0, 0.1) is 11.8 Å². The summed E-state index contributed by atoms with van der Waals surface area (Å²) in [7, 11) is 0. The van der Waals surface area contributed by atoms with Crippen LogP contribution < -0.4 is 10.6 Å². The maximum atomic E-state index is 13.9. The molecular weight excluding hydrogens is 474 g/mol. The Balaban J connectivity index is 1.50. The number of thioether (sulfide) groups is 1. The van der Waals surface area contributed by atoms with E-state index in [-0.39, 0.29) is 29.6 Å². The molecule has 0 aliphatic carbocycles. The predicted molar refractivity (Wildman–Crippen MR) is 142 cm³/mol. The van der Waals surface area contributed by atoms with Gasteiger partial charge in [0.25, 0.3) is 0 Å². The first-order valence-electron chi connectivity index (χ1n) is 13.7. The molecular formula is C28H41N3O4S. The average molecular weight is 516 g/mol. The van der Waals surface area contributed by atoms with E-state index in [9.17, 15) is 14.4 Å². The van der Waals surface area contributed by atoms with Crippen LogP contribution >= 0.6 is 11.8 Å². The Morgan fingerprint density at radius 1 is 1.06 bits per heavy atom. The third kappa shape index (κ3) is 5.44. The van der Waals surface area contributed by atoms with E-state index in [1.807, 2.05) is 30.3 Å². The van der Waals surface area contributed by atoms with Crippen molar-refractivity contribution in [3.05, 3.63) is 35.9 Å². The molecule has 3 fully saturated rings. The fourth-order valence-corrected chi connectivity index (χ4v) is 8.55. The van der Waals surface area contributed by atoms with Crippen LogP contribution in [0.25, 0.3) is 0 Å². The summed E-state index contributed by atoms with van der Waals surface area (Å²) >= 11 is 1.73. The fourth-order valence-electron chi connectivity index (χ4n) is 6.33. The number of aliphatic hydroxyl groups is 1. The summed E-state index contributed by atoms with van der Waals surface area (Å²) in [6, 6.07) is 9.30. The molecule has 2 unspecified atom stereocenters. The Labute approximate surface area is 219 Å². The molecule has 0 aromatic heterocycles. The molecule has 2 bridgehead atoms. The molecule has 36 heavy (non-hydrogen) atoms. The molecule has 3 N–H and O–H groups in total. The average Bonchev–Trinajstić information content (AvgIpc) is 3.53. The quantitative estimate of drug-likeness (QED) is 0.331. The van der Waals surface area contributed by atoms with Crippen LogP contribution in [0.2, 0.25) is 0 Å². The fraction of sp³-hybridized carbons (Fsp3) is 0.679. The predicted octanol–water partition coefficient (Wildman–Crippen LogP) is 3.25. The van der Waals surface area contributed by atoms with Crippen molar-refractivity contribution in [1.29, 1.82) is 0 Å². The summed E-state index contributed by atoms with van der Waals surface area (Å²) in [4.78, 5) is 42.7. The summed E-state index contributed by atoms with van der Waals surface area (Å²) in [6.45, 7) is 3.90. The molecule has 1 aromatic carbocycles. The van der Waals surface area contributed by atoms with Crippen LogP contribution in [-0.4, -0.2) is 63.5 Å². The van der Waals surface area contributed by atoms with Gasteiger partial charge in [-0.05, 0) is 37.7 Å². The second-order valence-corrected chi connectivity index (χ2v) is 12.0. The Morgan fingerprint density at radius 3 is 2.58 bits per heavy atom. The number of benzene rings is 1. The molecule has 3 amide bonds. The number of carbonyl (C=O) groups is 3. The number of hydrogen-bond donors (Lipinski definition) is 3. The second kappa shape index (κ2) is 12.5. The van der Waals surface area contributed by atoms with Crippen molar-refractivity contribution in [3.8, 4) is 0 Å². The maximum Gasteiger partial charge on any atom is 0.244 e. The zero-order valence-corrected chi connectivity index (χ0v) is 22.2. The molecule has 0 radical (unpaired) electrons. The first kappa shape index (κ1) is 27.0. The number of nitrogens with one attached hydrogen (secondary N) is 2. The van der Waals surface area contributed by atoms with Crippen LogP contribution in [0.5, 0.6) is 0 Å². The van der Waals surface area contributed by atoms with Gasteiger partial charge in [-0.2, -0.15) is 0 Å². The minimum atomic E-state index is -0.517. The molecule has 1 aromatic rings. The normalized spacial score (nSPS) is 28.4. The first-order valence-corrected chi connectivity index (χ1v) is 14.6. The molecule has 1 spiro atoms. The molecule has 3 heterocycles. The van der Waals surface area contributed by atoms with E-state index in [4.69, 9.17) is 5.11 Å². The molecule has 5 atom stereocenters. The number of fused-ring (bicyclic) bond motifs is 1. The van der Waals surface area contributed by atoms with E-state index in [1.54, 1.807) is 16.7 Å². The number of aliphatic hydroxyl groups excluding tert-OH is 1. The van der Waals surface area contributed by atoms with E-state index >= 15 is 0 Å². The highest BCUT2D eigenvalue weighted by molar-refractivity contribution is 8.02. The van der Waals surface area contributed by atoms with Crippen molar-refractivity contribution in [2.75, 3.05) is 19.7 Å². The van der Waals surface area contributed by atoms with Gasteiger partial charge in [0.1, 0.15) is 6.04 Å². The van der Waals surface area contributed by atoms with Gasteiger partial charge in [-0.25, -0.2) is 0 Å². The van der Waals surface area contributed by atoms with Crippen molar-refractivity contribution in [2.24, 2.45) is 11.8 Å². The van der Waals surface area contributed by atoms with Gasteiger partial charge in [0.05, 0.1) is 16.6 Å². The molecule has 198 valence electrons. The largest absolute Gasteiger partial charge is 0.396 e. The first-order chi connectivity index (χ1) is 17.5. The number of amides is 3. The van der Waals surface area contributed by atoms with Crippen molar-refractivity contribution in [2.45, 2.75) is 87.3 Å². The highest BCUT2D eigenvalue weighted by Crippen LogP contribution is 2.66. The minimum absolute atomic E-state index is 0.0274. The minimum Gasteiger partial charge on any atom is -0.396 e. The van der Waals surface area contributed by atoms with E-state index in [0.717, 1.165) is 63.4 Å². The number of carbonyl (C=O) groups excluding carboxylic acids is 3. The molecule has 0 saturated carbocycles. The third-order valence-electron chi connectivity index (χ3n) is 8.05. The van der Waals surface area contributed by atoms with Crippen molar-refractivity contribution in [3.63, 3.8) is 0 Å². The van der Waals surface area contributed by atoms with Gasteiger partial charge in [-0.15, -0.1) is 11.8 Å². The summed E-state index contributed by atoms with van der Waals surface area (Å²) in [5, 5.41) is 15.4. The summed E-state index contributed by atoms with van der Waals surface area (Å²) in [5.74, 6) is -0.991. The maximum absolute atomic E-state index is 13.9. The van der Waals surface area contributed by atoms with Crippen LogP contribution in [0.4, 0.5) is 0 Å². The second-order valence-electron chi connectivity index (χ2n) is 10.4. The number of unbranched alkanes of at least 4 members (excludes halogenated alkanes) is 5. The summed E-state index contributed by atoms with van der Waals surface area (Å²) in [5.41, 5.74) is 1.03. The van der Waals surface area contributed by atoms with Crippen LogP contribution in [0.15, 0.2) is 30.3 Å². The van der Waals surface area contributed by atoms with E-state index < -0.39 is 22.6 Å². The zero-order valence-electron chi connectivity index (χ0n) is 21.4. The Kier molecular flexibility index (Phi) is 9.34. The lowest BCUT2D eigenvalue weighted by atomic mass is 9.70. The van der Waals surface area contributed by atoms with Crippen LogP contribution in [-0.2, 0) is 20.9 Å². The summed E-state index contributed by atoms with van der Waals surface area (Å²) in [6.07, 6.45) is 8.10. The van der Waals surface area contributed by atoms with Crippen molar-refractivity contribution < 1.29 is 19.5 Å². The number of likely N-dealkylation sites (tertiary alicyclic amines) is 1. The Hall–Kier alpha value is -2.06. The highest BCUT2D eigenvalue weighted by Gasteiger charge is 2.73. The van der Waals surface area contributed by atoms with Crippen LogP contribution in [0.3, 0.4) is 0 Å². The smallest absolute Gasteiger partial charge is 0.244 e. The van der Waals surface area contributed by atoms with E-state index in [0.29, 0.717) is 19.6 Å². The van der Waals surface area contributed by atoms with Crippen molar-refractivity contribution in [1.82, 2.24) is 15.5 Å². The number of hydrogen-bond acceptors (Lipinski definition) is 5. The van der Waals surface area contributed by atoms with Gasteiger partial charge < -0.3 is 20.6 Å².